The summed E-state index contributed by atoms with van der Waals surface area (Å²) in [5.41, 5.74) is 7.83. The number of carbonyl (C=O) groups is 4. The molecule has 2 aromatic rings. The molecule has 0 spiro atoms. The summed E-state index contributed by atoms with van der Waals surface area (Å²) in [5, 5.41) is 34.1. The fourth-order valence-electron chi connectivity index (χ4n) is 4.21. The lowest BCUT2D eigenvalue weighted by molar-refractivity contribution is -0.146. The number of hydrogen-bond donors (Lipinski definition) is 7. The van der Waals surface area contributed by atoms with Crippen LogP contribution in [0.4, 0.5) is 0 Å². The zero-order valence-corrected chi connectivity index (χ0v) is 19.3. The molecule has 0 radical (unpaired) electrons. The first-order chi connectivity index (χ1) is 16.6. The number of para-hydroxylation sites is 1. The van der Waals surface area contributed by atoms with E-state index in [0.29, 0.717) is 6.42 Å². The van der Waals surface area contributed by atoms with Gasteiger partial charge in [0, 0.05) is 23.6 Å². The Morgan fingerprint density at radius 3 is 2.60 bits per heavy atom. The number of aromatic amines is 1. The number of carbonyl (C=O) groups excluding carboxylic acids is 3. The summed E-state index contributed by atoms with van der Waals surface area (Å²) < 4.78 is 0. The van der Waals surface area contributed by atoms with Gasteiger partial charge in [0.2, 0.25) is 17.7 Å². The van der Waals surface area contributed by atoms with Gasteiger partial charge in [0.1, 0.15) is 18.1 Å². The number of nitrogens with two attached hydrogens (primary N) is 1. The molecule has 0 bridgehead atoms. The van der Waals surface area contributed by atoms with Crippen LogP contribution in [0.1, 0.15) is 25.3 Å². The maximum atomic E-state index is 13.2. The van der Waals surface area contributed by atoms with Crippen LogP contribution in [-0.2, 0) is 25.6 Å². The molecule has 1 fully saturated rings. The molecule has 1 saturated heterocycles. The minimum Gasteiger partial charge on any atom is -0.480 e. The number of fused-ring (bicyclic) bond motifs is 1. The number of carboxylic acids is 1. The molecule has 1 aliphatic rings. The number of carboxylic acid groups (broad SMARTS) is 1. The average molecular weight is 490 g/mol. The Hall–Kier alpha value is -3.48. The fourth-order valence-corrected chi connectivity index (χ4v) is 4.21. The predicted molar refractivity (Wildman–Crippen MR) is 125 cm³/mol. The second-order valence-corrected chi connectivity index (χ2v) is 8.67. The van der Waals surface area contributed by atoms with Crippen LogP contribution in [0.25, 0.3) is 10.9 Å². The summed E-state index contributed by atoms with van der Waals surface area (Å²) in [6, 6.07) is 2.71. The standard InChI is InChI=1S/C23H31N5O7/c1-12(30)19(22(33)28-8-4-7-18(28)21(32)26-17(11-29)23(34)35)27-20(31)15(24)9-13-10-25-16-6-3-2-5-14(13)16/h2-3,5-6,10,12,15,17-19,25,29-30H,4,7-9,11,24H2,1H3,(H,26,32)(H,27,31)(H,34,35). The van der Waals surface area contributed by atoms with Crippen molar-refractivity contribution >= 4 is 34.6 Å². The number of hydrogen-bond acceptors (Lipinski definition) is 7. The number of amides is 3. The molecule has 8 N–H and O–H groups in total. The molecule has 12 nitrogen and oxygen atoms in total. The van der Waals surface area contributed by atoms with Gasteiger partial charge in [0.25, 0.3) is 0 Å². The van der Waals surface area contributed by atoms with Gasteiger partial charge in [-0.1, -0.05) is 18.2 Å². The molecule has 190 valence electrons. The van der Waals surface area contributed by atoms with Gasteiger partial charge in [0.15, 0.2) is 0 Å². The van der Waals surface area contributed by atoms with Crippen LogP contribution in [0.3, 0.4) is 0 Å². The number of aliphatic hydroxyl groups excluding tert-OH is 2. The third-order valence-corrected chi connectivity index (χ3v) is 6.13. The molecule has 5 atom stereocenters. The first-order valence-corrected chi connectivity index (χ1v) is 11.4. The number of likely N-dealkylation sites (tertiary alicyclic amines) is 1. The largest absolute Gasteiger partial charge is 0.480 e. The first-order valence-electron chi connectivity index (χ1n) is 11.4. The topological polar surface area (TPSA) is 198 Å². The Bertz CT molecular complexity index is 1090. The van der Waals surface area contributed by atoms with Gasteiger partial charge in [-0.15, -0.1) is 0 Å². The Kier molecular flexibility index (Phi) is 8.43. The highest BCUT2D eigenvalue weighted by atomic mass is 16.4. The van der Waals surface area contributed by atoms with E-state index in [-0.39, 0.29) is 19.4 Å². The zero-order chi connectivity index (χ0) is 25.7. The third-order valence-electron chi connectivity index (χ3n) is 6.13. The summed E-state index contributed by atoms with van der Waals surface area (Å²) in [5.74, 6) is -3.46. The predicted octanol–water partition coefficient (Wildman–Crippen LogP) is -1.54. The minimum absolute atomic E-state index is 0.189. The van der Waals surface area contributed by atoms with Gasteiger partial charge >= 0.3 is 5.97 Å². The number of aromatic nitrogens is 1. The van der Waals surface area contributed by atoms with Crippen molar-refractivity contribution in [1.82, 2.24) is 20.5 Å². The van der Waals surface area contributed by atoms with Gasteiger partial charge in [0.05, 0.1) is 18.8 Å². The quantitative estimate of drug-likeness (QED) is 0.208. The normalized spacial score (nSPS) is 19.1. The second kappa shape index (κ2) is 11.3. The number of nitrogens with one attached hydrogen (secondary N) is 3. The zero-order valence-electron chi connectivity index (χ0n) is 19.3. The van der Waals surface area contributed by atoms with E-state index in [0.717, 1.165) is 16.5 Å². The van der Waals surface area contributed by atoms with Gasteiger partial charge in [-0.25, -0.2) is 4.79 Å². The minimum atomic E-state index is -1.50. The Morgan fingerprint density at radius 2 is 1.94 bits per heavy atom. The molecular formula is C23H31N5O7. The molecule has 1 aromatic heterocycles. The molecule has 2 heterocycles. The average Bonchev–Trinajstić information content (AvgIpc) is 3.47. The molecule has 35 heavy (non-hydrogen) atoms. The molecule has 1 aromatic carbocycles. The maximum Gasteiger partial charge on any atom is 0.328 e. The van der Waals surface area contributed by atoms with Gasteiger partial charge < -0.3 is 41.6 Å². The number of aliphatic carboxylic acids is 1. The highest BCUT2D eigenvalue weighted by molar-refractivity contribution is 5.95. The smallest absolute Gasteiger partial charge is 0.328 e. The fraction of sp³-hybridized carbons (Fsp3) is 0.478. The van der Waals surface area contributed by atoms with E-state index in [2.05, 4.69) is 15.6 Å². The van der Waals surface area contributed by atoms with E-state index in [1.807, 2.05) is 24.3 Å². The molecule has 1 aliphatic heterocycles. The van der Waals surface area contributed by atoms with E-state index in [4.69, 9.17) is 15.9 Å². The number of benzene rings is 1. The summed E-state index contributed by atoms with van der Waals surface area (Å²) in [7, 11) is 0. The third kappa shape index (κ3) is 5.96. The molecule has 0 saturated carbocycles. The molecule has 3 amide bonds. The van der Waals surface area contributed by atoms with E-state index in [1.54, 1.807) is 6.20 Å². The lowest BCUT2D eigenvalue weighted by Gasteiger charge is -2.31. The number of H-pyrrole nitrogens is 1. The number of nitrogens with zero attached hydrogens (tertiary/aromatic N) is 1. The van der Waals surface area contributed by atoms with Crippen LogP contribution in [0, 0.1) is 0 Å². The van der Waals surface area contributed by atoms with E-state index in [9.17, 15) is 24.3 Å². The summed E-state index contributed by atoms with van der Waals surface area (Å²) in [6.45, 7) is 0.724. The molecule has 0 aliphatic carbocycles. The lowest BCUT2D eigenvalue weighted by atomic mass is 10.0. The van der Waals surface area contributed by atoms with Crippen LogP contribution in [0.2, 0.25) is 0 Å². The second-order valence-electron chi connectivity index (χ2n) is 8.67. The Balaban J connectivity index is 1.67. The summed E-state index contributed by atoms with van der Waals surface area (Å²) in [6.07, 6.45) is 1.43. The Labute approximate surface area is 201 Å². The molecule has 12 heteroatoms. The van der Waals surface area contributed by atoms with Crippen molar-refractivity contribution in [3.05, 3.63) is 36.0 Å². The SMILES string of the molecule is CC(O)C(NC(=O)C(N)Cc1c[nH]c2ccccc12)C(=O)N1CCCC1C(=O)NC(CO)C(=O)O. The van der Waals surface area contributed by atoms with Crippen LogP contribution in [0.5, 0.6) is 0 Å². The maximum absolute atomic E-state index is 13.2. The van der Waals surface area contributed by atoms with Crippen molar-refractivity contribution < 1.29 is 34.5 Å². The van der Waals surface area contributed by atoms with E-state index >= 15 is 0 Å². The van der Waals surface area contributed by atoms with Crippen molar-refractivity contribution in [3.63, 3.8) is 0 Å². The van der Waals surface area contributed by atoms with Crippen molar-refractivity contribution in [1.29, 1.82) is 0 Å². The first kappa shape index (κ1) is 26.1. The summed E-state index contributed by atoms with van der Waals surface area (Å²) >= 11 is 0. The van der Waals surface area contributed by atoms with Crippen molar-refractivity contribution in [2.45, 2.75) is 56.5 Å². The van der Waals surface area contributed by atoms with Crippen LogP contribution in [-0.4, -0.2) is 92.3 Å². The molecular weight excluding hydrogens is 458 g/mol. The highest BCUT2D eigenvalue weighted by Gasteiger charge is 2.40. The molecule has 5 unspecified atom stereocenters. The van der Waals surface area contributed by atoms with E-state index < -0.39 is 60.6 Å². The number of aliphatic hydroxyl groups is 2. The summed E-state index contributed by atoms with van der Waals surface area (Å²) in [4.78, 5) is 54.0. The van der Waals surface area contributed by atoms with Crippen LogP contribution < -0.4 is 16.4 Å². The van der Waals surface area contributed by atoms with Gasteiger partial charge in [-0.3, -0.25) is 14.4 Å². The monoisotopic (exact) mass is 489 g/mol. The van der Waals surface area contributed by atoms with Gasteiger partial charge in [-0.2, -0.15) is 0 Å². The van der Waals surface area contributed by atoms with Crippen molar-refractivity contribution in [2.24, 2.45) is 5.73 Å². The van der Waals surface area contributed by atoms with Gasteiger partial charge in [-0.05, 0) is 37.8 Å². The van der Waals surface area contributed by atoms with Crippen molar-refractivity contribution in [3.8, 4) is 0 Å². The van der Waals surface area contributed by atoms with Crippen LogP contribution in [0.15, 0.2) is 30.5 Å². The lowest BCUT2D eigenvalue weighted by Crippen LogP contribution is -2.59. The highest BCUT2D eigenvalue weighted by Crippen LogP contribution is 2.21. The number of rotatable bonds is 10. The Morgan fingerprint density at radius 1 is 1.23 bits per heavy atom. The van der Waals surface area contributed by atoms with Crippen LogP contribution >= 0.6 is 0 Å². The van der Waals surface area contributed by atoms with Crippen molar-refractivity contribution in [2.75, 3.05) is 13.2 Å². The van der Waals surface area contributed by atoms with E-state index in [1.165, 1.54) is 11.8 Å². The molecule has 3 rings (SSSR count).